The minimum absolute atomic E-state index is 0.00972. The van der Waals surface area contributed by atoms with Crippen molar-refractivity contribution < 1.29 is 0 Å². The van der Waals surface area contributed by atoms with E-state index in [0.29, 0.717) is 4.99 Å². The summed E-state index contributed by atoms with van der Waals surface area (Å²) in [6.07, 6.45) is 2.00. The predicted octanol–water partition coefficient (Wildman–Crippen LogP) is 3.45. The van der Waals surface area contributed by atoms with Gasteiger partial charge in [-0.1, -0.05) is 31.3 Å². The zero-order valence-corrected chi connectivity index (χ0v) is 12.0. The Kier molecular flexibility index (Phi) is 3.08. The molecule has 0 spiro atoms. The molecule has 2 N–H and O–H groups in total. The van der Waals surface area contributed by atoms with Crippen molar-refractivity contribution in [2.45, 2.75) is 12.8 Å². The summed E-state index contributed by atoms with van der Waals surface area (Å²) in [5, 5.41) is 2.05. The van der Waals surface area contributed by atoms with Gasteiger partial charge in [-0.3, -0.25) is 0 Å². The fraction of sp³-hybridized carbons (Fsp3) is 0.143. The van der Waals surface area contributed by atoms with Crippen molar-refractivity contribution in [2.24, 2.45) is 5.73 Å². The second-order valence-electron chi connectivity index (χ2n) is 4.38. The topological polar surface area (TPSA) is 43.3 Å². The Hall–Kier alpha value is -1.72. The summed E-state index contributed by atoms with van der Waals surface area (Å²) in [6.45, 7) is 2.02. The van der Waals surface area contributed by atoms with Crippen LogP contribution in [0.1, 0.15) is 18.5 Å². The molecule has 5 heteroatoms. The molecule has 3 nitrogen and oxygen atoms in total. The molecule has 1 atom stereocenters. The number of hydrogen-bond acceptors (Lipinski definition) is 3. The number of thiophene rings is 1. The molecule has 3 aromatic rings. The number of thiocarbonyl (C=S) groups is 1. The minimum Gasteiger partial charge on any atom is -0.393 e. The van der Waals surface area contributed by atoms with Gasteiger partial charge in [-0.15, -0.1) is 11.3 Å². The highest BCUT2D eigenvalue weighted by atomic mass is 32.1. The van der Waals surface area contributed by atoms with Crippen molar-refractivity contribution in [1.29, 1.82) is 0 Å². The molecule has 0 saturated carbocycles. The SMILES string of the molecule is CC(C(N)=S)c1c(-c2cccs2)nc2ccccn12. The number of imidazole rings is 1. The first-order valence-corrected chi connectivity index (χ1v) is 7.27. The summed E-state index contributed by atoms with van der Waals surface area (Å²) < 4.78 is 2.07. The molecule has 0 fully saturated rings. The van der Waals surface area contributed by atoms with E-state index in [1.165, 1.54) is 0 Å². The van der Waals surface area contributed by atoms with Crippen LogP contribution in [0.15, 0.2) is 41.9 Å². The van der Waals surface area contributed by atoms with E-state index in [1.807, 2.05) is 37.4 Å². The number of aromatic nitrogens is 2. The Bertz CT molecular complexity index is 728. The molecule has 0 aromatic carbocycles. The summed E-state index contributed by atoms with van der Waals surface area (Å²) in [6, 6.07) is 10.1. The first-order valence-electron chi connectivity index (χ1n) is 5.98. The van der Waals surface area contributed by atoms with Gasteiger partial charge in [0.25, 0.3) is 0 Å². The monoisotopic (exact) mass is 287 g/mol. The molecule has 0 aliphatic heterocycles. The van der Waals surface area contributed by atoms with Crippen LogP contribution in [0, 0.1) is 0 Å². The fourth-order valence-corrected chi connectivity index (χ4v) is 2.99. The Morgan fingerprint density at radius 3 is 2.89 bits per heavy atom. The molecule has 19 heavy (non-hydrogen) atoms. The van der Waals surface area contributed by atoms with E-state index in [0.717, 1.165) is 21.9 Å². The summed E-state index contributed by atoms with van der Waals surface area (Å²) in [5.74, 6) is -0.00972. The lowest BCUT2D eigenvalue weighted by atomic mass is 10.1. The third-order valence-corrected chi connectivity index (χ3v) is 4.39. The number of pyridine rings is 1. The molecule has 96 valence electrons. The van der Waals surface area contributed by atoms with Crippen LogP contribution in [-0.4, -0.2) is 14.4 Å². The molecule has 0 aliphatic carbocycles. The van der Waals surface area contributed by atoms with Gasteiger partial charge in [-0.2, -0.15) is 0 Å². The Labute approximate surface area is 120 Å². The minimum atomic E-state index is -0.00972. The van der Waals surface area contributed by atoms with Gasteiger partial charge in [0.15, 0.2) is 0 Å². The van der Waals surface area contributed by atoms with E-state index in [-0.39, 0.29) is 5.92 Å². The zero-order chi connectivity index (χ0) is 13.4. The zero-order valence-electron chi connectivity index (χ0n) is 10.4. The van der Waals surface area contributed by atoms with E-state index in [9.17, 15) is 0 Å². The van der Waals surface area contributed by atoms with Crippen LogP contribution in [0.2, 0.25) is 0 Å². The molecule has 0 bridgehead atoms. The van der Waals surface area contributed by atoms with E-state index in [1.54, 1.807) is 11.3 Å². The van der Waals surface area contributed by atoms with Crippen LogP contribution in [0.5, 0.6) is 0 Å². The lowest BCUT2D eigenvalue weighted by Gasteiger charge is -2.11. The standard InChI is InChI=1S/C14H13N3S2/c1-9(14(15)18)13-12(10-5-4-8-19-10)16-11-6-2-3-7-17(11)13/h2-9H,1H3,(H2,15,18). The van der Waals surface area contributed by atoms with Crippen LogP contribution in [0.25, 0.3) is 16.2 Å². The van der Waals surface area contributed by atoms with Crippen molar-refractivity contribution in [2.75, 3.05) is 0 Å². The first kappa shape index (κ1) is 12.3. The van der Waals surface area contributed by atoms with Crippen molar-refractivity contribution in [3.8, 4) is 10.6 Å². The highest BCUT2D eigenvalue weighted by Crippen LogP contribution is 2.32. The molecule has 0 saturated heterocycles. The normalized spacial score (nSPS) is 12.7. The number of rotatable bonds is 3. The summed E-state index contributed by atoms with van der Waals surface area (Å²) in [7, 11) is 0. The largest absolute Gasteiger partial charge is 0.393 e. The Balaban J connectivity index is 2.32. The smallest absolute Gasteiger partial charge is 0.137 e. The second kappa shape index (κ2) is 4.75. The summed E-state index contributed by atoms with van der Waals surface area (Å²) >= 11 is 6.83. The summed E-state index contributed by atoms with van der Waals surface area (Å²) in [4.78, 5) is 6.35. The third kappa shape index (κ3) is 2.05. The van der Waals surface area contributed by atoms with Crippen LogP contribution in [0.4, 0.5) is 0 Å². The average Bonchev–Trinajstić information content (AvgIpc) is 3.04. The number of nitrogens with zero attached hydrogens (tertiary/aromatic N) is 2. The van der Waals surface area contributed by atoms with Crippen LogP contribution < -0.4 is 5.73 Å². The average molecular weight is 287 g/mol. The highest BCUT2D eigenvalue weighted by Gasteiger charge is 2.21. The second-order valence-corrected chi connectivity index (χ2v) is 5.79. The summed E-state index contributed by atoms with van der Waals surface area (Å²) in [5.41, 5.74) is 8.79. The van der Waals surface area contributed by atoms with Gasteiger partial charge < -0.3 is 10.1 Å². The van der Waals surface area contributed by atoms with Gasteiger partial charge in [-0.05, 0) is 23.6 Å². The molecule has 0 radical (unpaired) electrons. The van der Waals surface area contributed by atoms with Crippen molar-refractivity contribution in [3.05, 3.63) is 47.6 Å². The van der Waals surface area contributed by atoms with Crippen LogP contribution >= 0.6 is 23.6 Å². The molecule has 3 heterocycles. The molecular weight excluding hydrogens is 274 g/mol. The number of hydrogen-bond donors (Lipinski definition) is 1. The molecular formula is C14H13N3S2. The molecule has 1 unspecified atom stereocenters. The molecule has 3 aromatic heterocycles. The lowest BCUT2D eigenvalue weighted by molar-refractivity contribution is 0.931. The maximum Gasteiger partial charge on any atom is 0.137 e. The van der Waals surface area contributed by atoms with Crippen LogP contribution in [0.3, 0.4) is 0 Å². The number of nitrogens with two attached hydrogens (primary N) is 1. The van der Waals surface area contributed by atoms with Crippen molar-refractivity contribution in [1.82, 2.24) is 9.38 Å². The van der Waals surface area contributed by atoms with E-state index in [2.05, 4.69) is 15.8 Å². The fourth-order valence-electron chi connectivity index (χ4n) is 2.16. The van der Waals surface area contributed by atoms with Crippen molar-refractivity contribution >= 4 is 34.2 Å². The Morgan fingerprint density at radius 1 is 1.37 bits per heavy atom. The van der Waals surface area contributed by atoms with E-state index >= 15 is 0 Å². The van der Waals surface area contributed by atoms with Gasteiger partial charge in [0.05, 0.1) is 15.6 Å². The molecule has 0 aliphatic rings. The van der Waals surface area contributed by atoms with E-state index in [4.69, 9.17) is 22.9 Å². The maximum absolute atomic E-state index is 5.83. The van der Waals surface area contributed by atoms with Gasteiger partial charge in [-0.25, -0.2) is 4.98 Å². The Morgan fingerprint density at radius 2 is 2.21 bits per heavy atom. The van der Waals surface area contributed by atoms with E-state index < -0.39 is 0 Å². The lowest BCUT2D eigenvalue weighted by Crippen LogP contribution is -2.18. The number of fused-ring (bicyclic) bond motifs is 1. The predicted molar refractivity (Wildman–Crippen MR) is 83.7 cm³/mol. The maximum atomic E-state index is 5.83. The first-order chi connectivity index (χ1) is 9.18. The van der Waals surface area contributed by atoms with Gasteiger partial charge in [0.2, 0.25) is 0 Å². The van der Waals surface area contributed by atoms with Crippen LogP contribution in [-0.2, 0) is 0 Å². The highest BCUT2D eigenvalue weighted by molar-refractivity contribution is 7.80. The third-order valence-electron chi connectivity index (χ3n) is 3.16. The van der Waals surface area contributed by atoms with Crippen molar-refractivity contribution in [3.63, 3.8) is 0 Å². The van der Waals surface area contributed by atoms with Gasteiger partial charge in [0.1, 0.15) is 11.3 Å². The quantitative estimate of drug-likeness (QED) is 0.750. The van der Waals surface area contributed by atoms with Gasteiger partial charge in [0, 0.05) is 12.1 Å². The molecule has 0 amide bonds. The molecule has 3 rings (SSSR count). The van der Waals surface area contributed by atoms with Gasteiger partial charge >= 0.3 is 0 Å².